The third-order valence-electron chi connectivity index (χ3n) is 3.64. The quantitative estimate of drug-likeness (QED) is 0.577. The highest BCUT2D eigenvalue weighted by Crippen LogP contribution is 2.07. The van der Waals surface area contributed by atoms with Crippen molar-refractivity contribution in [3.8, 4) is 0 Å². The summed E-state index contributed by atoms with van der Waals surface area (Å²) in [5, 5.41) is 9.23. The number of nitrogens with zero attached hydrogens (tertiary/aromatic N) is 4. The van der Waals surface area contributed by atoms with Crippen LogP contribution in [0, 0.1) is 0 Å². The maximum atomic E-state index is 12.5. The fourth-order valence-electron chi connectivity index (χ4n) is 2.27. The first-order valence-corrected chi connectivity index (χ1v) is 8.70. The summed E-state index contributed by atoms with van der Waals surface area (Å²) < 4.78 is 0. The minimum Gasteiger partial charge on any atom is -0.273 e. The van der Waals surface area contributed by atoms with Crippen LogP contribution >= 0.6 is 0 Å². The molecule has 2 aromatic carbocycles. The zero-order chi connectivity index (χ0) is 21.4. The van der Waals surface area contributed by atoms with Gasteiger partial charge in [0.25, 0.3) is 11.8 Å². The van der Waals surface area contributed by atoms with Crippen LogP contribution in [-0.4, -0.2) is 45.6 Å². The van der Waals surface area contributed by atoms with Crippen molar-refractivity contribution in [1.82, 2.24) is 10.0 Å². The summed E-state index contributed by atoms with van der Waals surface area (Å²) >= 11 is 0. The van der Waals surface area contributed by atoms with Gasteiger partial charge in [0.15, 0.2) is 0 Å². The number of benzene rings is 2. The highest BCUT2D eigenvalue weighted by molar-refractivity contribution is 6.30. The second-order valence-electron chi connectivity index (χ2n) is 5.99. The summed E-state index contributed by atoms with van der Waals surface area (Å²) in [4.78, 5) is 48.6. The number of amides is 4. The summed E-state index contributed by atoms with van der Waals surface area (Å²) in [6, 6.07) is 16.4. The second-order valence-corrected chi connectivity index (χ2v) is 5.99. The van der Waals surface area contributed by atoms with Gasteiger partial charge in [0.2, 0.25) is 11.8 Å². The SMILES string of the molecule is CC(=O)N(/N=C(C)\C=N\N(C(C)=O)C(=O)c1ccccc1)C(=O)c1ccccc1. The maximum Gasteiger partial charge on any atom is 0.281 e. The molecule has 0 bridgehead atoms. The average molecular weight is 392 g/mol. The van der Waals surface area contributed by atoms with Crippen LogP contribution in [0.5, 0.6) is 0 Å². The van der Waals surface area contributed by atoms with Crippen LogP contribution in [0.3, 0.4) is 0 Å². The smallest absolute Gasteiger partial charge is 0.273 e. The van der Waals surface area contributed by atoms with E-state index >= 15 is 0 Å². The Balaban J connectivity index is 2.24. The fraction of sp³-hybridized carbons (Fsp3) is 0.143. The van der Waals surface area contributed by atoms with Gasteiger partial charge in [-0.1, -0.05) is 36.4 Å². The molecule has 0 aliphatic carbocycles. The summed E-state index contributed by atoms with van der Waals surface area (Å²) in [5.41, 5.74) is 0.733. The van der Waals surface area contributed by atoms with E-state index < -0.39 is 23.6 Å². The number of hydrazone groups is 2. The van der Waals surface area contributed by atoms with Crippen molar-refractivity contribution in [3.05, 3.63) is 71.8 Å². The van der Waals surface area contributed by atoms with E-state index in [0.29, 0.717) is 21.1 Å². The van der Waals surface area contributed by atoms with E-state index in [1.54, 1.807) is 60.7 Å². The number of carbonyl (C=O) groups excluding carboxylic acids is 4. The zero-order valence-corrected chi connectivity index (χ0v) is 16.3. The lowest BCUT2D eigenvalue weighted by Crippen LogP contribution is -2.32. The van der Waals surface area contributed by atoms with Crippen LogP contribution in [0.25, 0.3) is 0 Å². The van der Waals surface area contributed by atoms with Crippen LogP contribution in [-0.2, 0) is 9.59 Å². The molecule has 0 saturated heterocycles. The van der Waals surface area contributed by atoms with Crippen molar-refractivity contribution in [2.45, 2.75) is 20.8 Å². The molecule has 0 unspecified atom stereocenters. The lowest BCUT2D eigenvalue weighted by molar-refractivity contribution is -0.127. The molecule has 29 heavy (non-hydrogen) atoms. The van der Waals surface area contributed by atoms with Crippen molar-refractivity contribution < 1.29 is 19.2 Å². The van der Waals surface area contributed by atoms with E-state index in [2.05, 4.69) is 10.2 Å². The van der Waals surface area contributed by atoms with E-state index in [1.165, 1.54) is 20.8 Å². The number of rotatable bonds is 5. The molecule has 0 aliphatic heterocycles. The molecule has 148 valence electrons. The monoisotopic (exact) mass is 392 g/mol. The lowest BCUT2D eigenvalue weighted by Gasteiger charge is -2.15. The van der Waals surface area contributed by atoms with Gasteiger partial charge in [-0.3, -0.25) is 19.2 Å². The van der Waals surface area contributed by atoms with Gasteiger partial charge in [-0.2, -0.15) is 20.2 Å². The Labute approximate surface area is 168 Å². The van der Waals surface area contributed by atoms with Crippen molar-refractivity contribution in [3.63, 3.8) is 0 Å². The molecule has 0 saturated carbocycles. The predicted molar refractivity (Wildman–Crippen MR) is 108 cm³/mol. The molecule has 0 spiro atoms. The Bertz CT molecular complexity index is 969. The summed E-state index contributed by atoms with van der Waals surface area (Å²) in [6.45, 7) is 3.89. The minimum absolute atomic E-state index is 0.150. The first-order chi connectivity index (χ1) is 13.8. The molecular formula is C21H20N4O4. The minimum atomic E-state index is -0.606. The molecule has 0 atom stereocenters. The first kappa shape index (κ1) is 21.4. The Morgan fingerprint density at radius 1 is 0.690 bits per heavy atom. The topological polar surface area (TPSA) is 99.5 Å². The van der Waals surface area contributed by atoms with Crippen molar-refractivity contribution in [2.24, 2.45) is 10.2 Å². The van der Waals surface area contributed by atoms with Crippen LogP contribution < -0.4 is 0 Å². The van der Waals surface area contributed by atoms with Gasteiger partial charge < -0.3 is 0 Å². The number of imide groups is 2. The highest BCUT2D eigenvalue weighted by Gasteiger charge is 2.20. The van der Waals surface area contributed by atoms with Gasteiger partial charge in [0.1, 0.15) is 0 Å². The normalized spacial score (nSPS) is 11.2. The molecule has 4 amide bonds. The predicted octanol–water partition coefficient (Wildman–Crippen LogP) is 2.73. The van der Waals surface area contributed by atoms with E-state index in [1.807, 2.05) is 0 Å². The second kappa shape index (κ2) is 9.84. The fourth-order valence-corrected chi connectivity index (χ4v) is 2.27. The van der Waals surface area contributed by atoms with Crippen molar-refractivity contribution in [2.75, 3.05) is 0 Å². The summed E-state index contributed by atoms with van der Waals surface area (Å²) in [6.07, 6.45) is 1.14. The molecule has 0 aromatic heterocycles. The number of hydrogen-bond donors (Lipinski definition) is 0. The van der Waals surface area contributed by atoms with Crippen LogP contribution in [0.15, 0.2) is 70.9 Å². The molecule has 8 nitrogen and oxygen atoms in total. The molecular weight excluding hydrogens is 372 g/mol. The van der Waals surface area contributed by atoms with E-state index in [-0.39, 0.29) is 5.71 Å². The molecule has 0 fully saturated rings. The van der Waals surface area contributed by atoms with Crippen LogP contribution in [0.1, 0.15) is 41.5 Å². The molecule has 0 aliphatic rings. The lowest BCUT2D eigenvalue weighted by atomic mass is 10.2. The van der Waals surface area contributed by atoms with Gasteiger partial charge >= 0.3 is 0 Å². The Morgan fingerprint density at radius 3 is 1.52 bits per heavy atom. The average Bonchev–Trinajstić information content (AvgIpc) is 2.72. The standard InChI is InChI=1S/C21H20N4O4/c1-15(23-25(17(3)27)21(29)19-12-8-5-9-13-19)14-22-24(16(2)26)20(28)18-10-6-4-7-11-18/h4-14H,1-3H3/b22-14+,23-15-. The largest absolute Gasteiger partial charge is 0.281 e. The zero-order valence-electron chi connectivity index (χ0n) is 16.3. The summed E-state index contributed by atoms with van der Waals surface area (Å²) in [5.74, 6) is -2.39. The van der Waals surface area contributed by atoms with Gasteiger partial charge in [0, 0.05) is 25.0 Å². The molecule has 0 radical (unpaired) electrons. The molecule has 8 heteroatoms. The van der Waals surface area contributed by atoms with Gasteiger partial charge in [0.05, 0.1) is 11.9 Å². The third-order valence-corrected chi connectivity index (χ3v) is 3.64. The first-order valence-electron chi connectivity index (χ1n) is 8.70. The third kappa shape index (κ3) is 5.77. The van der Waals surface area contributed by atoms with E-state index in [4.69, 9.17) is 0 Å². The van der Waals surface area contributed by atoms with Gasteiger partial charge in [-0.15, -0.1) is 0 Å². The molecule has 0 N–H and O–H groups in total. The van der Waals surface area contributed by atoms with E-state index in [0.717, 1.165) is 6.21 Å². The Hall–Kier alpha value is -3.94. The molecule has 2 rings (SSSR count). The Kier molecular flexibility index (Phi) is 7.25. The molecule has 0 heterocycles. The van der Waals surface area contributed by atoms with E-state index in [9.17, 15) is 19.2 Å². The van der Waals surface area contributed by atoms with Crippen molar-refractivity contribution in [1.29, 1.82) is 0 Å². The van der Waals surface area contributed by atoms with Crippen LogP contribution in [0.4, 0.5) is 0 Å². The number of carbonyl (C=O) groups is 4. The van der Waals surface area contributed by atoms with Crippen LogP contribution in [0.2, 0.25) is 0 Å². The van der Waals surface area contributed by atoms with Gasteiger partial charge in [-0.25, -0.2) is 0 Å². The van der Waals surface area contributed by atoms with Crippen molar-refractivity contribution >= 4 is 35.6 Å². The number of hydrogen-bond acceptors (Lipinski definition) is 6. The molecule has 2 aromatic rings. The van der Waals surface area contributed by atoms with Gasteiger partial charge in [-0.05, 0) is 31.2 Å². The Morgan fingerprint density at radius 2 is 1.10 bits per heavy atom. The summed E-state index contributed by atoms with van der Waals surface area (Å²) in [7, 11) is 0. The maximum absolute atomic E-state index is 12.5. The highest BCUT2D eigenvalue weighted by atomic mass is 16.2.